The first-order chi connectivity index (χ1) is 13.5. The number of nitrogens with zero attached hydrogens (tertiary/aromatic N) is 2. The van der Waals surface area contributed by atoms with Gasteiger partial charge in [0.2, 0.25) is 5.91 Å². The summed E-state index contributed by atoms with van der Waals surface area (Å²) in [6.45, 7) is 6.92. The van der Waals surface area contributed by atoms with Crippen LogP contribution < -0.4 is 0 Å². The van der Waals surface area contributed by atoms with E-state index in [2.05, 4.69) is 11.8 Å². The molecule has 0 bridgehead atoms. The monoisotopic (exact) mass is 410 g/mol. The number of hydrogen-bond acceptors (Lipinski definition) is 5. The molecule has 0 aliphatic carbocycles. The van der Waals surface area contributed by atoms with Gasteiger partial charge in [-0.1, -0.05) is 25.5 Å². The van der Waals surface area contributed by atoms with E-state index < -0.39 is 0 Å². The van der Waals surface area contributed by atoms with Gasteiger partial charge in [-0.15, -0.1) is 11.8 Å². The molecule has 0 unspecified atom stereocenters. The summed E-state index contributed by atoms with van der Waals surface area (Å²) in [5, 5.41) is -0.0549. The second-order valence-corrected chi connectivity index (χ2v) is 8.09. The van der Waals surface area contributed by atoms with Crippen molar-refractivity contribution in [2.75, 3.05) is 38.5 Å². The molecule has 1 fully saturated rings. The van der Waals surface area contributed by atoms with Crippen molar-refractivity contribution in [3.05, 3.63) is 35.6 Å². The Morgan fingerprint density at radius 2 is 1.93 bits per heavy atom. The first kappa shape index (κ1) is 22.7. The lowest BCUT2D eigenvalue weighted by Gasteiger charge is -2.28. The summed E-state index contributed by atoms with van der Waals surface area (Å²) in [5.41, 5.74) is 0.958. The lowest BCUT2D eigenvalue weighted by molar-refractivity contribution is -0.143. The third-order valence-electron chi connectivity index (χ3n) is 4.71. The topological polar surface area (TPSA) is 49.9 Å². The van der Waals surface area contributed by atoms with E-state index in [4.69, 9.17) is 4.74 Å². The molecule has 7 heteroatoms. The van der Waals surface area contributed by atoms with Gasteiger partial charge < -0.3 is 9.64 Å². The number of hydrogen-bond donors (Lipinski definition) is 0. The van der Waals surface area contributed by atoms with Crippen molar-refractivity contribution in [2.45, 2.75) is 44.9 Å². The highest BCUT2D eigenvalue weighted by Gasteiger charge is 2.31. The number of carbonyl (C=O) groups is 2. The van der Waals surface area contributed by atoms with Crippen LogP contribution in [-0.4, -0.2) is 60.2 Å². The fraction of sp³-hybridized carbons (Fsp3) is 0.619. The van der Waals surface area contributed by atoms with Crippen LogP contribution in [0.15, 0.2) is 24.3 Å². The number of rotatable bonds is 11. The molecule has 5 nitrogen and oxygen atoms in total. The van der Waals surface area contributed by atoms with Gasteiger partial charge in [-0.25, -0.2) is 4.39 Å². The zero-order chi connectivity index (χ0) is 20.4. The fourth-order valence-electron chi connectivity index (χ4n) is 3.24. The van der Waals surface area contributed by atoms with Crippen LogP contribution in [-0.2, 0) is 14.3 Å². The highest BCUT2D eigenvalue weighted by atomic mass is 32.2. The Balaban J connectivity index is 1.92. The van der Waals surface area contributed by atoms with Gasteiger partial charge in [0.05, 0.1) is 13.2 Å². The van der Waals surface area contributed by atoms with E-state index in [0.717, 1.165) is 30.7 Å². The molecule has 156 valence electrons. The molecule has 1 aliphatic rings. The van der Waals surface area contributed by atoms with Gasteiger partial charge in [-0.3, -0.25) is 14.5 Å². The van der Waals surface area contributed by atoms with Gasteiger partial charge in [-0.05, 0) is 50.6 Å². The molecule has 1 heterocycles. The zero-order valence-electron chi connectivity index (χ0n) is 16.9. The Labute approximate surface area is 171 Å². The molecule has 0 aromatic heterocycles. The van der Waals surface area contributed by atoms with Crippen LogP contribution in [0.4, 0.5) is 4.39 Å². The van der Waals surface area contributed by atoms with Crippen molar-refractivity contribution >= 4 is 23.6 Å². The van der Waals surface area contributed by atoms with Crippen molar-refractivity contribution in [1.82, 2.24) is 9.80 Å². The Hall–Kier alpha value is -1.60. The van der Waals surface area contributed by atoms with Crippen molar-refractivity contribution < 1.29 is 18.7 Å². The van der Waals surface area contributed by atoms with E-state index in [1.807, 2.05) is 4.90 Å². The van der Waals surface area contributed by atoms with Crippen LogP contribution in [0.1, 0.15) is 50.5 Å². The summed E-state index contributed by atoms with van der Waals surface area (Å²) in [4.78, 5) is 28.5. The molecule has 1 amide bonds. The van der Waals surface area contributed by atoms with E-state index in [9.17, 15) is 14.0 Å². The molecule has 2 rings (SSSR count). The normalized spacial score (nSPS) is 16.6. The number of carbonyl (C=O) groups excluding carboxylic acids is 2. The highest BCUT2D eigenvalue weighted by Crippen LogP contribution is 2.37. The van der Waals surface area contributed by atoms with Crippen LogP contribution in [0.5, 0.6) is 0 Å². The van der Waals surface area contributed by atoms with Gasteiger partial charge in [0, 0.05) is 18.7 Å². The minimum absolute atomic E-state index is 0.0549. The number of halogens is 1. The minimum atomic E-state index is -0.267. The maximum atomic E-state index is 13.2. The Bertz CT molecular complexity index is 627. The van der Waals surface area contributed by atoms with Crippen LogP contribution >= 0.6 is 11.8 Å². The van der Waals surface area contributed by atoms with Crippen LogP contribution in [0.2, 0.25) is 0 Å². The van der Waals surface area contributed by atoms with Crippen molar-refractivity contribution in [3.8, 4) is 0 Å². The smallest absolute Gasteiger partial charge is 0.305 e. The maximum Gasteiger partial charge on any atom is 0.305 e. The maximum absolute atomic E-state index is 13.2. The average Bonchev–Trinajstić information content (AvgIpc) is 3.16. The summed E-state index contributed by atoms with van der Waals surface area (Å²) in [5.74, 6) is 0.520. The third kappa shape index (κ3) is 7.09. The molecule has 28 heavy (non-hydrogen) atoms. The minimum Gasteiger partial charge on any atom is -0.466 e. The quantitative estimate of drug-likeness (QED) is 0.519. The summed E-state index contributed by atoms with van der Waals surface area (Å²) >= 11 is 1.71. The van der Waals surface area contributed by atoms with E-state index in [0.29, 0.717) is 39.1 Å². The SMILES string of the molecule is CCCCN(CCCC(=O)OCC)CC(=O)N1CCS[C@@H]1c1ccc(F)cc1. The Morgan fingerprint density at radius 1 is 1.21 bits per heavy atom. The summed E-state index contributed by atoms with van der Waals surface area (Å²) < 4.78 is 18.2. The Morgan fingerprint density at radius 3 is 2.61 bits per heavy atom. The number of benzene rings is 1. The number of unbranched alkanes of at least 4 members (excludes halogenated alkanes) is 1. The van der Waals surface area contributed by atoms with E-state index in [1.54, 1.807) is 30.8 Å². The predicted molar refractivity (Wildman–Crippen MR) is 111 cm³/mol. The first-order valence-electron chi connectivity index (χ1n) is 10.1. The standard InChI is InChI=1S/C21H31FN2O3S/c1-3-5-12-23(13-6-7-20(26)27-4-2)16-19(25)24-14-15-28-21(24)17-8-10-18(22)11-9-17/h8-11,21H,3-7,12-16H2,1-2H3/t21-/m1/s1. The number of amides is 1. The lowest BCUT2D eigenvalue weighted by Crippen LogP contribution is -2.41. The molecule has 1 atom stereocenters. The number of thioether (sulfide) groups is 1. The van der Waals surface area contributed by atoms with Crippen LogP contribution in [0.3, 0.4) is 0 Å². The van der Waals surface area contributed by atoms with Crippen molar-refractivity contribution in [1.29, 1.82) is 0 Å². The van der Waals surface area contributed by atoms with Gasteiger partial charge in [0.15, 0.2) is 0 Å². The van der Waals surface area contributed by atoms with Crippen molar-refractivity contribution in [2.24, 2.45) is 0 Å². The average molecular weight is 411 g/mol. The second kappa shape index (κ2) is 12.1. The Kier molecular flexibility index (Phi) is 9.78. The predicted octanol–water partition coefficient (Wildman–Crippen LogP) is 3.85. The molecule has 1 saturated heterocycles. The van der Waals surface area contributed by atoms with E-state index >= 15 is 0 Å². The third-order valence-corrected chi connectivity index (χ3v) is 5.97. The summed E-state index contributed by atoms with van der Waals surface area (Å²) in [7, 11) is 0. The van der Waals surface area contributed by atoms with Crippen LogP contribution in [0.25, 0.3) is 0 Å². The molecule has 0 saturated carbocycles. The van der Waals surface area contributed by atoms with Crippen molar-refractivity contribution in [3.63, 3.8) is 0 Å². The largest absolute Gasteiger partial charge is 0.466 e. The van der Waals surface area contributed by atoms with E-state index in [1.165, 1.54) is 12.1 Å². The summed E-state index contributed by atoms with van der Waals surface area (Å²) in [6, 6.07) is 6.40. The molecule has 0 N–H and O–H groups in total. The van der Waals surface area contributed by atoms with Gasteiger partial charge in [-0.2, -0.15) is 0 Å². The zero-order valence-corrected chi connectivity index (χ0v) is 17.7. The fourth-order valence-corrected chi connectivity index (χ4v) is 4.52. The lowest BCUT2D eigenvalue weighted by atomic mass is 10.2. The molecular weight excluding hydrogens is 379 g/mol. The second-order valence-electron chi connectivity index (χ2n) is 6.90. The molecule has 1 aliphatic heterocycles. The molecule has 0 spiro atoms. The summed E-state index contributed by atoms with van der Waals surface area (Å²) in [6.07, 6.45) is 3.14. The van der Waals surface area contributed by atoms with E-state index in [-0.39, 0.29) is 23.1 Å². The molecular formula is C21H31FN2O3S. The molecule has 1 aromatic rings. The first-order valence-corrected chi connectivity index (χ1v) is 11.1. The highest BCUT2D eigenvalue weighted by molar-refractivity contribution is 7.99. The van der Waals surface area contributed by atoms with Gasteiger partial charge >= 0.3 is 5.97 Å². The number of ether oxygens (including phenoxy) is 1. The van der Waals surface area contributed by atoms with Gasteiger partial charge in [0.25, 0.3) is 0 Å². The molecule has 0 radical (unpaired) electrons. The van der Waals surface area contributed by atoms with Crippen LogP contribution in [0, 0.1) is 5.82 Å². The molecule has 1 aromatic carbocycles. The van der Waals surface area contributed by atoms with Gasteiger partial charge in [0.1, 0.15) is 11.2 Å². The number of esters is 1.